The zero-order valence-corrected chi connectivity index (χ0v) is 6.96. The predicted molar refractivity (Wildman–Crippen MR) is 41.0 cm³/mol. The molecule has 0 aliphatic rings. The van der Waals surface area contributed by atoms with Crippen LogP contribution in [0.1, 0.15) is 13.8 Å². The molecule has 62 valence electrons. The van der Waals surface area contributed by atoms with Crippen LogP contribution in [0.5, 0.6) is 0 Å². The number of carbonyl (C=O) groups excluding carboxylic acids is 2. The number of esters is 1. The number of carbonyl (C=O) groups is 2. The highest BCUT2D eigenvalue weighted by atomic mass is 16.5. The van der Waals surface area contributed by atoms with Gasteiger partial charge in [0.15, 0.2) is 0 Å². The zero-order valence-electron chi connectivity index (χ0n) is 6.96. The molecule has 0 aromatic carbocycles. The van der Waals surface area contributed by atoms with Crippen molar-refractivity contribution in [2.45, 2.75) is 13.8 Å². The molecule has 0 saturated heterocycles. The standard InChI is InChI=1S/C8H12O3/c1-6(2)4-5-7(9)8(10)11-3/h4-6H,1-3H3. The summed E-state index contributed by atoms with van der Waals surface area (Å²) < 4.78 is 4.20. The first-order valence-corrected chi connectivity index (χ1v) is 3.38. The topological polar surface area (TPSA) is 43.4 Å². The van der Waals surface area contributed by atoms with Crippen LogP contribution in [0.4, 0.5) is 0 Å². The summed E-state index contributed by atoms with van der Waals surface area (Å²) >= 11 is 0. The lowest BCUT2D eigenvalue weighted by atomic mass is 10.2. The average Bonchev–Trinajstić information content (AvgIpc) is 1.98. The lowest BCUT2D eigenvalue weighted by molar-refractivity contribution is -0.149. The molecule has 0 spiro atoms. The van der Waals surface area contributed by atoms with Gasteiger partial charge in [-0.3, -0.25) is 4.79 Å². The maximum atomic E-state index is 10.7. The summed E-state index contributed by atoms with van der Waals surface area (Å²) in [5, 5.41) is 0. The Morgan fingerprint density at radius 3 is 2.27 bits per heavy atom. The molecule has 0 radical (unpaired) electrons. The quantitative estimate of drug-likeness (QED) is 0.347. The number of ether oxygens (including phenoxy) is 1. The fourth-order valence-electron chi connectivity index (χ4n) is 0.448. The smallest absolute Gasteiger partial charge is 0.378 e. The fourth-order valence-corrected chi connectivity index (χ4v) is 0.448. The van der Waals surface area contributed by atoms with Gasteiger partial charge in [-0.25, -0.2) is 4.79 Å². The monoisotopic (exact) mass is 156 g/mol. The number of allylic oxidation sites excluding steroid dienone is 1. The third kappa shape index (κ3) is 4.31. The lowest BCUT2D eigenvalue weighted by Gasteiger charge is -1.93. The van der Waals surface area contributed by atoms with Gasteiger partial charge in [-0.1, -0.05) is 19.9 Å². The maximum Gasteiger partial charge on any atom is 0.378 e. The van der Waals surface area contributed by atoms with Crippen molar-refractivity contribution < 1.29 is 14.3 Å². The Balaban J connectivity index is 3.97. The van der Waals surface area contributed by atoms with Crippen molar-refractivity contribution >= 4 is 11.8 Å². The first-order chi connectivity index (χ1) is 5.07. The van der Waals surface area contributed by atoms with Crippen molar-refractivity contribution in [2.75, 3.05) is 7.11 Å². The van der Waals surface area contributed by atoms with E-state index < -0.39 is 11.8 Å². The molecule has 11 heavy (non-hydrogen) atoms. The van der Waals surface area contributed by atoms with Crippen LogP contribution in [0.2, 0.25) is 0 Å². The van der Waals surface area contributed by atoms with Crippen LogP contribution < -0.4 is 0 Å². The van der Waals surface area contributed by atoms with E-state index in [1.165, 1.54) is 13.2 Å². The summed E-state index contributed by atoms with van der Waals surface area (Å²) in [5.74, 6) is -1.16. The number of hydrogen-bond acceptors (Lipinski definition) is 3. The van der Waals surface area contributed by atoms with E-state index >= 15 is 0 Å². The van der Waals surface area contributed by atoms with Gasteiger partial charge >= 0.3 is 5.97 Å². The van der Waals surface area contributed by atoms with E-state index in [4.69, 9.17) is 0 Å². The molecule has 0 heterocycles. The SMILES string of the molecule is COC(=O)C(=O)C=CC(C)C. The highest BCUT2D eigenvalue weighted by molar-refractivity contribution is 6.38. The Hall–Kier alpha value is -1.12. The van der Waals surface area contributed by atoms with E-state index in [2.05, 4.69) is 4.74 Å². The molecule has 0 N–H and O–H groups in total. The molecule has 0 aromatic rings. The van der Waals surface area contributed by atoms with Crippen LogP contribution in [0.3, 0.4) is 0 Å². The Morgan fingerprint density at radius 1 is 1.36 bits per heavy atom. The van der Waals surface area contributed by atoms with Crippen LogP contribution in [0, 0.1) is 5.92 Å². The predicted octanol–water partition coefficient (Wildman–Crippen LogP) is 0.941. The van der Waals surface area contributed by atoms with Crippen LogP contribution in [-0.2, 0) is 14.3 Å². The van der Waals surface area contributed by atoms with Gasteiger partial charge in [0.1, 0.15) is 0 Å². The van der Waals surface area contributed by atoms with Crippen LogP contribution in [0.25, 0.3) is 0 Å². The molecule has 0 unspecified atom stereocenters. The van der Waals surface area contributed by atoms with Gasteiger partial charge in [0, 0.05) is 0 Å². The Kier molecular flexibility index (Phi) is 4.18. The number of hydrogen-bond donors (Lipinski definition) is 0. The first-order valence-electron chi connectivity index (χ1n) is 3.38. The summed E-state index contributed by atoms with van der Waals surface area (Å²) in [6.07, 6.45) is 2.88. The molecule has 3 heteroatoms. The van der Waals surface area contributed by atoms with Gasteiger partial charge in [0.05, 0.1) is 7.11 Å². The van der Waals surface area contributed by atoms with E-state index in [1.807, 2.05) is 13.8 Å². The van der Waals surface area contributed by atoms with Gasteiger partial charge in [0.2, 0.25) is 0 Å². The van der Waals surface area contributed by atoms with Crippen molar-refractivity contribution in [2.24, 2.45) is 5.92 Å². The van der Waals surface area contributed by atoms with Gasteiger partial charge in [-0.2, -0.15) is 0 Å². The second-order valence-corrected chi connectivity index (χ2v) is 2.46. The Labute approximate surface area is 66.0 Å². The van der Waals surface area contributed by atoms with E-state index in [9.17, 15) is 9.59 Å². The van der Waals surface area contributed by atoms with E-state index in [1.54, 1.807) is 6.08 Å². The largest absolute Gasteiger partial charge is 0.463 e. The second kappa shape index (κ2) is 4.66. The van der Waals surface area contributed by atoms with Crippen LogP contribution in [-0.4, -0.2) is 18.9 Å². The lowest BCUT2D eigenvalue weighted by Crippen LogP contribution is -2.12. The van der Waals surface area contributed by atoms with Crippen molar-refractivity contribution in [3.8, 4) is 0 Å². The first kappa shape index (κ1) is 9.88. The summed E-state index contributed by atoms with van der Waals surface area (Å²) in [6, 6.07) is 0. The molecule has 0 rings (SSSR count). The molecular weight excluding hydrogens is 144 g/mol. The highest BCUT2D eigenvalue weighted by Gasteiger charge is 2.08. The summed E-state index contributed by atoms with van der Waals surface area (Å²) in [5.41, 5.74) is 0. The number of methoxy groups -OCH3 is 1. The summed E-state index contributed by atoms with van der Waals surface area (Å²) in [7, 11) is 1.18. The molecule has 0 fully saturated rings. The Morgan fingerprint density at radius 2 is 1.91 bits per heavy atom. The van der Waals surface area contributed by atoms with Gasteiger partial charge in [-0.05, 0) is 12.0 Å². The molecule has 0 saturated carbocycles. The van der Waals surface area contributed by atoms with Crippen molar-refractivity contribution in [3.63, 3.8) is 0 Å². The number of rotatable bonds is 3. The molecular formula is C8H12O3. The Bertz CT molecular complexity index is 180. The third-order valence-corrected chi connectivity index (χ3v) is 1.02. The third-order valence-electron chi connectivity index (χ3n) is 1.02. The highest BCUT2D eigenvalue weighted by Crippen LogP contribution is 1.93. The minimum Gasteiger partial charge on any atom is -0.463 e. The molecule has 0 aliphatic heterocycles. The van der Waals surface area contributed by atoms with Gasteiger partial charge in [0.25, 0.3) is 5.78 Å². The van der Waals surface area contributed by atoms with Gasteiger partial charge in [-0.15, -0.1) is 0 Å². The zero-order chi connectivity index (χ0) is 8.85. The van der Waals surface area contributed by atoms with E-state index in [0.29, 0.717) is 0 Å². The van der Waals surface area contributed by atoms with Crippen molar-refractivity contribution in [3.05, 3.63) is 12.2 Å². The summed E-state index contributed by atoms with van der Waals surface area (Å²) in [4.78, 5) is 21.2. The average molecular weight is 156 g/mol. The molecule has 0 bridgehead atoms. The fraction of sp³-hybridized carbons (Fsp3) is 0.500. The number of ketones is 1. The molecule has 3 nitrogen and oxygen atoms in total. The molecule has 0 aliphatic carbocycles. The minimum absolute atomic E-state index is 0.267. The summed E-state index contributed by atoms with van der Waals surface area (Å²) in [6.45, 7) is 3.84. The van der Waals surface area contributed by atoms with E-state index in [-0.39, 0.29) is 5.92 Å². The van der Waals surface area contributed by atoms with E-state index in [0.717, 1.165) is 0 Å². The van der Waals surface area contributed by atoms with Crippen LogP contribution >= 0.6 is 0 Å². The van der Waals surface area contributed by atoms with Crippen molar-refractivity contribution in [1.29, 1.82) is 0 Å². The molecule has 0 atom stereocenters. The normalized spacial score (nSPS) is 10.5. The second-order valence-electron chi connectivity index (χ2n) is 2.46. The van der Waals surface area contributed by atoms with Gasteiger partial charge < -0.3 is 4.74 Å². The molecule has 0 aromatic heterocycles. The maximum absolute atomic E-state index is 10.7. The minimum atomic E-state index is -0.818. The van der Waals surface area contributed by atoms with Crippen LogP contribution in [0.15, 0.2) is 12.2 Å². The van der Waals surface area contributed by atoms with Crippen molar-refractivity contribution in [1.82, 2.24) is 0 Å². The molecule has 0 amide bonds.